The van der Waals surface area contributed by atoms with Crippen LogP contribution in [0.1, 0.15) is 12.5 Å². The highest BCUT2D eigenvalue weighted by atomic mass is 16.3. The van der Waals surface area contributed by atoms with E-state index in [0.29, 0.717) is 11.8 Å². The topological polar surface area (TPSA) is 23.5 Å². The van der Waals surface area contributed by atoms with Gasteiger partial charge in [-0.05, 0) is 45.1 Å². The molecule has 0 aromatic heterocycles. The number of aromatic hydroxyl groups is 1. The summed E-state index contributed by atoms with van der Waals surface area (Å²) in [7, 11) is 4.15. The first kappa shape index (κ1) is 10.1. The third-order valence-corrected chi connectivity index (χ3v) is 2.35. The Labute approximate surface area is 79.8 Å². The van der Waals surface area contributed by atoms with Crippen LogP contribution in [0.2, 0.25) is 0 Å². The maximum Gasteiger partial charge on any atom is 0.115 e. The number of rotatable bonds is 3. The van der Waals surface area contributed by atoms with Crippen LogP contribution in [0.4, 0.5) is 0 Å². The molecule has 0 saturated carbocycles. The zero-order valence-electron chi connectivity index (χ0n) is 8.49. The predicted molar refractivity (Wildman–Crippen MR) is 55.0 cm³/mol. The van der Waals surface area contributed by atoms with Crippen molar-refractivity contribution in [2.45, 2.75) is 19.4 Å². The van der Waals surface area contributed by atoms with E-state index in [1.54, 1.807) is 12.1 Å². The number of phenols is 1. The van der Waals surface area contributed by atoms with Crippen LogP contribution in [-0.2, 0) is 6.42 Å². The molecule has 0 aliphatic rings. The number of hydrogen-bond acceptors (Lipinski definition) is 2. The van der Waals surface area contributed by atoms with Crippen molar-refractivity contribution in [3.05, 3.63) is 29.8 Å². The quantitative estimate of drug-likeness (QED) is 0.766. The number of likely N-dealkylation sites (N-methyl/N-ethyl adjacent to an activating group) is 1. The Morgan fingerprint density at radius 2 is 1.77 bits per heavy atom. The van der Waals surface area contributed by atoms with Crippen LogP contribution in [0.15, 0.2) is 24.3 Å². The Morgan fingerprint density at radius 1 is 1.23 bits per heavy atom. The van der Waals surface area contributed by atoms with Crippen molar-refractivity contribution in [1.82, 2.24) is 4.90 Å². The monoisotopic (exact) mass is 179 g/mol. The number of hydrogen-bond donors (Lipinski definition) is 1. The van der Waals surface area contributed by atoms with E-state index in [2.05, 4.69) is 25.9 Å². The zero-order valence-corrected chi connectivity index (χ0v) is 8.49. The van der Waals surface area contributed by atoms with E-state index in [4.69, 9.17) is 5.11 Å². The van der Waals surface area contributed by atoms with E-state index in [9.17, 15) is 0 Å². The van der Waals surface area contributed by atoms with Gasteiger partial charge < -0.3 is 10.0 Å². The molecule has 0 bridgehead atoms. The third kappa shape index (κ3) is 3.07. The largest absolute Gasteiger partial charge is 0.508 e. The molecule has 1 aromatic carbocycles. The Morgan fingerprint density at radius 3 is 2.23 bits per heavy atom. The second-order valence-corrected chi connectivity index (χ2v) is 3.68. The highest BCUT2D eigenvalue weighted by Crippen LogP contribution is 2.12. The maximum absolute atomic E-state index is 9.09. The van der Waals surface area contributed by atoms with E-state index in [1.807, 2.05) is 12.1 Å². The molecule has 2 nitrogen and oxygen atoms in total. The van der Waals surface area contributed by atoms with Crippen LogP contribution in [-0.4, -0.2) is 30.1 Å². The van der Waals surface area contributed by atoms with Crippen molar-refractivity contribution in [2.24, 2.45) is 0 Å². The maximum atomic E-state index is 9.09. The highest BCUT2D eigenvalue weighted by Gasteiger charge is 2.04. The molecule has 1 N–H and O–H groups in total. The molecule has 0 amide bonds. The molecule has 0 fully saturated rings. The van der Waals surface area contributed by atoms with Gasteiger partial charge in [0, 0.05) is 6.04 Å². The van der Waals surface area contributed by atoms with E-state index >= 15 is 0 Å². The predicted octanol–water partition coefficient (Wildman–Crippen LogP) is 1.88. The van der Waals surface area contributed by atoms with E-state index in [1.165, 1.54) is 5.56 Å². The molecular weight excluding hydrogens is 162 g/mol. The average Bonchev–Trinajstić information content (AvgIpc) is 2.08. The first-order chi connectivity index (χ1) is 6.09. The molecule has 0 radical (unpaired) electrons. The summed E-state index contributed by atoms with van der Waals surface area (Å²) in [5.41, 5.74) is 1.26. The molecule has 0 unspecified atom stereocenters. The molecule has 72 valence electrons. The normalized spacial score (nSPS) is 13.2. The second kappa shape index (κ2) is 4.28. The molecular formula is C11H17NO. The fourth-order valence-corrected chi connectivity index (χ4v) is 1.16. The summed E-state index contributed by atoms with van der Waals surface area (Å²) in [4.78, 5) is 2.19. The fourth-order valence-electron chi connectivity index (χ4n) is 1.16. The van der Waals surface area contributed by atoms with E-state index in [-0.39, 0.29) is 0 Å². The summed E-state index contributed by atoms with van der Waals surface area (Å²) >= 11 is 0. The van der Waals surface area contributed by atoms with Crippen LogP contribution in [0, 0.1) is 0 Å². The van der Waals surface area contributed by atoms with Crippen molar-refractivity contribution in [1.29, 1.82) is 0 Å². The Hall–Kier alpha value is -1.02. The van der Waals surface area contributed by atoms with Gasteiger partial charge in [0.2, 0.25) is 0 Å². The van der Waals surface area contributed by atoms with Gasteiger partial charge >= 0.3 is 0 Å². The summed E-state index contributed by atoms with van der Waals surface area (Å²) < 4.78 is 0. The fraction of sp³-hybridized carbons (Fsp3) is 0.455. The standard InChI is InChI=1S/C11H17NO/c1-9(12(2)3)8-10-4-6-11(13)7-5-10/h4-7,9,13H,8H2,1-3H3/t9-/m0/s1. The third-order valence-electron chi connectivity index (χ3n) is 2.35. The molecule has 1 rings (SSSR count). The second-order valence-electron chi connectivity index (χ2n) is 3.68. The van der Waals surface area contributed by atoms with Crippen molar-refractivity contribution in [3.8, 4) is 5.75 Å². The van der Waals surface area contributed by atoms with Gasteiger partial charge in [0.15, 0.2) is 0 Å². The minimum atomic E-state index is 0.334. The van der Waals surface area contributed by atoms with Gasteiger partial charge in [-0.1, -0.05) is 12.1 Å². The van der Waals surface area contributed by atoms with Crippen LogP contribution in [0.5, 0.6) is 5.75 Å². The van der Waals surface area contributed by atoms with Crippen LogP contribution in [0.3, 0.4) is 0 Å². The average molecular weight is 179 g/mol. The minimum Gasteiger partial charge on any atom is -0.508 e. The molecule has 0 aliphatic carbocycles. The van der Waals surface area contributed by atoms with Crippen molar-refractivity contribution < 1.29 is 5.11 Å². The summed E-state index contributed by atoms with van der Waals surface area (Å²) in [6.07, 6.45) is 1.02. The summed E-state index contributed by atoms with van der Waals surface area (Å²) in [6.45, 7) is 2.19. The van der Waals surface area contributed by atoms with Gasteiger partial charge in [0.05, 0.1) is 0 Å². The van der Waals surface area contributed by atoms with Gasteiger partial charge in [-0.3, -0.25) is 0 Å². The Bertz CT molecular complexity index is 253. The highest BCUT2D eigenvalue weighted by molar-refractivity contribution is 5.26. The lowest BCUT2D eigenvalue weighted by Crippen LogP contribution is -2.26. The molecule has 0 spiro atoms. The van der Waals surface area contributed by atoms with Gasteiger partial charge in [0.1, 0.15) is 5.75 Å². The first-order valence-corrected chi connectivity index (χ1v) is 4.54. The summed E-state index contributed by atoms with van der Waals surface area (Å²) in [6, 6.07) is 7.93. The number of phenolic OH excluding ortho intramolecular Hbond substituents is 1. The Balaban J connectivity index is 2.59. The van der Waals surface area contributed by atoms with Gasteiger partial charge in [-0.15, -0.1) is 0 Å². The Kier molecular flexibility index (Phi) is 3.32. The number of benzene rings is 1. The lowest BCUT2D eigenvalue weighted by atomic mass is 10.1. The smallest absolute Gasteiger partial charge is 0.115 e. The van der Waals surface area contributed by atoms with Crippen molar-refractivity contribution >= 4 is 0 Å². The lowest BCUT2D eigenvalue weighted by molar-refractivity contribution is 0.312. The van der Waals surface area contributed by atoms with Crippen molar-refractivity contribution in [3.63, 3.8) is 0 Å². The van der Waals surface area contributed by atoms with E-state index in [0.717, 1.165) is 6.42 Å². The number of nitrogens with zero attached hydrogens (tertiary/aromatic N) is 1. The van der Waals surface area contributed by atoms with E-state index < -0.39 is 0 Å². The van der Waals surface area contributed by atoms with Gasteiger partial charge in [-0.2, -0.15) is 0 Å². The summed E-state index contributed by atoms with van der Waals surface area (Å²) in [5, 5.41) is 9.09. The summed E-state index contributed by atoms with van der Waals surface area (Å²) in [5.74, 6) is 0.334. The molecule has 0 heterocycles. The van der Waals surface area contributed by atoms with Crippen molar-refractivity contribution in [2.75, 3.05) is 14.1 Å². The molecule has 1 aromatic rings. The SMILES string of the molecule is C[C@@H](Cc1ccc(O)cc1)N(C)C. The molecule has 0 aliphatic heterocycles. The molecule has 0 saturated heterocycles. The minimum absolute atomic E-state index is 0.334. The molecule has 1 atom stereocenters. The van der Waals surface area contributed by atoms with Gasteiger partial charge in [-0.25, -0.2) is 0 Å². The molecule has 2 heteroatoms. The van der Waals surface area contributed by atoms with Crippen LogP contribution < -0.4 is 0 Å². The van der Waals surface area contributed by atoms with Gasteiger partial charge in [0.25, 0.3) is 0 Å². The van der Waals surface area contributed by atoms with Crippen LogP contribution in [0.25, 0.3) is 0 Å². The first-order valence-electron chi connectivity index (χ1n) is 4.54. The molecule has 13 heavy (non-hydrogen) atoms. The van der Waals surface area contributed by atoms with Crippen LogP contribution >= 0.6 is 0 Å². The lowest BCUT2D eigenvalue weighted by Gasteiger charge is -2.19. The zero-order chi connectivity index (χ0) is 9.84.